The Bertz CT molecular complexity index is 555. The third kappa shape index (κ3) is 6.89. The molecule has 7 heteroatoms. The molecule has 20 heavy (non-hydrogen) atoms. The van der Waals surface area contributed by atoms with Crippen LogP contribution in [0.1, 0.15) is 16.8 Å². The van der Waals surface area contributed by atoms with E-state index in [2.05, 4.69) is 10.6 Å². The molecule has 0 atom stereocenters. The molecule has 0 spiro atoms. The number of carbonyl (C=O) groups excluding carboxylic acids is 2. The zero-order valence-electron chi connectivity index (χ0n) is 11.3. The summed E-state index contributed by atoms with van der Waals surface area (Å²) in [6.45, 7) is 0.555. The fourth-order valence-corrected chi connectivity index (χ4v) is 1.99. The summed E-state index contributed by atoms with van der Waals surface area (Å²) in [6.07, 6.45) is 1.02. The van der Waals surface area contributed by atoms with Crippen molar-refractivity contribution in [1.29, 1.82) is 0 Å². The van der Waals surface area contributed by atoms with Crippen LogP contribution in [0.3, 0.4) is 0 Å². The lowest BCUT2D eigenvalue weighted by molar-refractivity contribution is -0.120. The van der Waals surface area contributed by atoms with Gasteiger partial charge >= 0.3 is 0 Å². The van der Waals surface area contributed by atoms with Crippen molar-refractivity contribution in [3.8, 4) is 0 Å². The molecule has 1 aromatic carbocycles. The van der Waals surface area contributed by atoms with Crippen LogP contribution in [0, 0.1) is 0 Å². The summed E-state index contributed by atoms with van der Waals surface area (Å²) < 4.78 is 21.7. The van der Waals surface area contributed by atoms with Crippen LogP contribution in [-0.4, -0.2) is 45.3 Å². The van der Waals surface area contributed by atoms with Crippen LogP contribution in [-0.2, 0) is 14.6 Å². The Kier molecular flexibility index (Phi) is 6.17. The minimum Gasteiger partial charge on any atom is -0.354 e. The van der Waals surface area contributed by atoms with E-state index >= 15 is 0 Å². The Morgan fingerprint density at radius 2 is 1.65 bits per heavy atom. The maximum Gasteiger partial charge on any atom is 0.251 e. The van der Waals surface area contributed by atoms with Crippen LogP contribution >= 0.6 is 0 Å². The van der Waals surface area contributed by atoms with Gasteiger partial charge in [0.15, 0.2) is 0 Å². The minimum atomic E-state index is -3.13. The molecule has 0 bridgehead atoms. The number of rotatable bonds is 7. The zero-order chi connectivity index (χ0) is 15.0. The number of sulfone groups is 1. The van der Waals surface area contributed by atoms with Crippen LogP contribution in [0.2, 0.25) is 0 Å². The molecule has 6 nitrogen and oxygen atoms in total. The van der Waals surface area contributed by atoms with Gasteiger partial charge < -0.3 is 10.6 Å². The van der Waals surface area contributed by atoms with E-state index in [1.165, 1.54) is 0 Å². The zero-order valence-corrected chi connectivity index (χ0v) is 12.1. The molecule has 0 aromatic heterocycles. The van der Waals surface area contributed by atoms with Gasteiger partial charge in [-0.25, -0.2) is 8.42 Å². The van der Waals surface area contributed by atoms with Gasteiger partial charge in [-0.2, -0.15) is 0 Å². The van der Waals surface area contributed by atoms with E-state index in [-0.39, 0.29) is 30.5 Å². The molecule has 0 fully saturated rings. The first-order valence-corrected chi connectivity index (χ1v) is 8.22. The van der Waals surface area contributed by atoms with Gasteiger partial charge in [-0.3, -0.25) is 9.59 Å². The van der Waals surface area contributed by atoms with Crippen molar-refractivity contribution in [1.82, 2.24) is 10.6 Å². The standard InChI is InChI=1S/C13H18N2O4S/c1-20(18,19)10-7-12(16)14-8-9-15-13(17)11-5-3-2-4-6-11/h2-6H,7-10H2,1H3,(H,14,16)(H,15,17). The molecule has 2 amide bonds. The van der Waals surface area contributed by atoms with Gasteiger partial charge in [0.05, 0.1) is 5.75 Å². The van der Waals surface area contributed by atoms with Crippen molar-refractivity contribution in [3.63, 3.8) is 0 Å². The van der Waals surface area contributed by atoms with Gasteiger partial charge in [0.2, 0.25) is 5.91 Å². The summed E-state index contributed by atoms with van der Waals surface area (Å²) in [5.74, 6) is -0.727. The van der Waals surface area contributed by atoms with Crippen molar-refractivity contribution >= 4 is 21.7 Å². The first-order chi connectivity index (χ1) is 9.38. The van der Waals surface area contributed by atoms with Crippen LogP contribution in [0.25, 0.3) is 0 Å². The number of benzene rings is 1. The summed E-state index contributed by atoms with van der Waals surface area (Å²) >= 11 is 0. The summed E-state index contributed by atoms with van der Waals surface area (Å²) in [7, 11) is -3.13. The molecule has 110 valence electrons. The van der Waals surface area contributed by atoms with Gasteiger partial charge in [0, 0.05) is 31.3 Å². The van der Waals surface area contributed by atoms with Gasteiger partial charge in [0.25, 0.3) is 5.91 Å². The quantitative estimate of drug-likeness (QED) is 0.691. The number of amides is 2. The number of nitrogens with one attached hydrogen (secondary N) is 2. The molecule has 0 saturated carbocycles. The second-order valence-electron chi connectivity index (χ2n) is 4.35. The molecular weight excluding hydrogens is 280 g/mol. The summed E-state index contributed by atoms with van der Waals surface area (Å²) in [5.41, 5.74) is 0.552. The van der Waals surface area contributed by atoms with E-state index in [0.29, 0.717) is 12.1 Å². The fourth-order valence-electron chi connectivity index (χ4n) is 1.44. The molecule has 0 unspecified atom stereocenters. The largest absolute Gasteiger partial charge is 0.354 e. The van der Waals surface area contributed by atoms with Crippen molar-refractivity contribution in [2.24, 2.45) is 0 Å². The van der Waals surface area contributed by atoms with Gasteiger partial charge in [-0.1, -0.05) is 18.2 Å². The highest BCUT2D eigenvalue weighted by atomic mass is 32.2. The molecule has 0 radical (unpaired) electrons. The highest BCUT2D eigenvalue weighted by Crippen LogP contribution is 1.97. The van der Waals surface area contributed by atoms with Crippen LogP contribution in [0.4, 0.5) is 0 Å². The topological polar surface area (TPSA) is 92.3 Å². The Morgan fingerprint density at radius 1 is 1.05 bits per heavy atom. The fraction of sp³-hybridized carbons (Fsp3) is 0.385. The van der Waals surface area contributed by atoms with E-state index in [1.54, 1.807) is 24.3 Å². The maximum absolute atomic E-state index is 11.6. The van der Waals surface area contributed by atoms with Crippen LogP contribution in [0.5, 0.6) is 0 Å². The monoisotopic (exact) mass is 298 g/mol. The summed E-state index contributed by atoms with van der Waals surface area (Å²) in [6, 6.07) is 8.74. The maximum atomic E-state index is 11.6. The van der Waals surface area contributed by atoms with Crippen molar-refractivity contribution in [3.05, 3.63) is 35.9 Å². The summed E-state index contributed by atoms with van der Waals surface area (Å²) in [4.78, 5) is 23.0. The molecule has 2 N–H and O–H groups in total. The molecule has 0 aliphatic rings. The number of carbonyl (C=O) groups is 2. The molecule has 0 heterocycles. The highest BCUT2D eigenvalue weighted by Gasteiger charge is 2.08. The third-order valence-corrected chi connectivity index (χ3v) is 3.41. The van der Waals surface area contributed by atoms with E-state index < -0.39 is 9.84 Å². The second-order valence-corrected chi connectivity index (χ2v) is 6.61. The highest BCUT2D eigenvalue weighted by molar-refractivity contribution is 7.90. The lowest BCUT2D eigenvalue weighted by Crippen LogP contribution is -2.35. The van der Waals surface area contributed by atoms with Gasteiger partial charge in [0.1, 0.15) is 9.84 Å². The molecule has 1 aromatic rings. The smallest absolute Gasteiger partial charge is 0.251 e. The SMILES string of the molecule is CS(=O)(=O)CCC(=O)NCCNC(=O)c1ccccc1. The van der Waals surface area contributed by atoms with Gasteiger partial charge in [-0.15, -0.1) is 0 Å². The number of hydrogen-bond acceptors (Lipinski definition) is 4. The van der Waals surface area contributed by atoms with E-state index in [1.807, 2.05) is 6.07 Å². The van der Waals surface area contributed by atoms with Crippen LogP contribution < -0.4 is 10.6 Å². The number of hydrogen-bond donors (Lipinski definition) is 2. The predicted octanol–water partition coefficient (Wildman–Crippen LogP) is -0.0327. The first-order valence-electron chi connectivity index (χ1n) is 6.16. The van der Waals surface area contributed by atoms with E-state index in [4.69, 9.17) is 0 Å². The Balaban J connectivity index is 2.19. The van der Waals surface area contributed by atoms with Gasteiger partial charge in [-0.05, 0) is 12.1 Å². The van der Waals surface area contributed by atoms with E-state index in [9.17, 15) is 18.0 Å². The average Bonchev–Trinajstić information content (AvgIpc) is 2.41. The van der Waals surface area contributed by atoms with Crippen molar-refractivity contribution in [2.45, 2.75) is 6.42 Å². The molecule has 1 rings (SSSR count). The lowest BCUT2D eigenvalue weighted by Gasteiger charge is -2.07. The lowest BCUT2D eigenvalue weighted by atomic mass is 10.2. The van der Waals surface area contributed by atoms with E-state index in [0.717, 1.165) is 6.26 Å². The summed E-state index contributed by atoms with van der Waals surface area (Å²) in [5, 5.41) is 5.20. The molecule has 0 aliphatic carbocycles. The van der Waals surface area contributed by atoms with Crippen molar-refractivity contribution in [2.75, 3.05) is 25.1 Å². The Morgan fingerprint density at radius 3 is 2.25 bits per heavy atom. The predicted molar refractivity (Wildman–Crippen MR) is 76.1 cm³/mol. The Hall–Kier alpha value is -1.89. The first kappa shape index (κ1) is 16.2. The minimum absolute atomic E-state index is 0.0640. The second kappa shape index (κ2) is 7.64. The normalized spacial score (nSPS) is 10.8. The average molecular weight is 298 g/mol. The third-order valence-electron chi connectivity index (χ3n) is 2.47. The van der Waals surface area contributed by atoms with Crippen LogP contribution in [0.15, 0.2) is 30.3 Å². The Labute approximate surface area is 118 Å². The molecule has 0 saturated heterocycles. The molecular formula is C13H18N2O4S. The molecule has 0 aliphatic heterocycles. The van der Waals surface area contributed by atoms with Crippen molar-refractivity contribution < 1.29 is 18.0 Å².